The molecule has 2 heterocycles. The molecule has 0 radical (unpaired) electrons. The molecular weight excluding hydrogens is 226 g/mol. The maximum atomic E-state index is 10.7. The molecule has 0 aliphatic carbocycles. The van der Waals surface area contributed by atoms with Gasteiger partial charge in [-0.2, -0.15) is 0 Å². The predicted molar refractivity (Wildman–Crippen MR) is 59.8 cm³/mol. The number of nitrogens with zero attached hydrogens (tertiary/aromatic N) is 3. The second-order valence-corrected chi connectivity index (χ2v) is 4.43. The number of imidazole rings is 1. The molecule has 6 heteroatoms. The Balaban J connectivity index is 2.17. The fraction of sp³-hybridized carbons (Fsp3) is 0.100. The maximum Gasteiger partial charge on any atom is 0.270 e. The third-order valence-corrected chi connectivity index (χ3v) is 3.53. The highest BCUT2D eigenvalue weighted by molar-refractivity contribution is 7.98. The summed E-state index contributed by atoms with van der Waals surface area (Å²) < 4.78 is 1.97. The fourth-order valence-corrected chi connectivity index (χ4v) is 2.75. The lowest BCUT2D eigenvalue weighted by Crippen LogP contribution is -2.06. The summed E-state index contributed by atoms with van der Waals surface area (Å²) in [7, 11) is 0. The van der Waals surface area contributed by atoms with Crippen molar-refractivity contribution in [3.8, 4) is 5.69 Å². The molecule has 0 atom stereocenters. The molecule has 80 valence electrons. The SMILES string of the molecule is O=[N+]([O-])c1ccc2c(c1)SCc1nccn1-2. The largest absolute Gasteiger partial charge is 0.302 e. The zero-order valence-electron chi connectivity index (χ0n) is 8.16. The normalized spacial score (nSPS) is 13.0. The second kappa shape index (κ2) is 3.34. The summed E-state index contributed by atoms with van der Waals surface area (Å²) in [5.74, 6) is 1.73. The number of rotatable bonds is 1. The Bertz CT molecular complexity index is 579. The molecule has 5 nitrogen and oxygen atoms in total. The molecule has 0 saturated heterocycles. The van der Waals surface area contributed by atoms with Crippen molar-refractivity contribution in [3.05, 3.63) is 46.5 Å². The van der Waals surface area contributed by atoms with Crippen LogP contribution in [-0.4, -0.2) is 14.5 Å². The molecule has 0 N–H and O–H groups in total. The van der Waals surface area contributed by atoms with Crippen LogP contribution in [0.1, 0.15) is 5.82 Å². The predicted octanol–water partition coefficient (Wildman–Crippen LogP) is 2.39. The van der Waals surface area contributed by atoms with E-state index >= 15 is 0 Å². The zero-order chi connectivity index (χ0) is 11.1. The van der Waals surface area contributed by atoms with Gasteiger partial charge in [0, 0.05) is 29.4 Å². The van der Waals surface area contributed by atoms with E-state index in [2.05, 4.69) is 4.98 Å². The molecule has 0 saturated carbocycles. The lowest BCUT2D eigenvalue weighted by Gasteiger charge is -2.17. The van der Waals surface area contributed by atoms with E-state index in [9.17, 15) is 10.1 Å². The van der Waals surface area contributed by atoms with Gasteiger partial charge in [0.15, 0.2) is 0 Å². The van der Waals surface area contributed by atoms with Gasteiger partial charge in [-0.25, -0.2) is 4.98 Å². The molecule has 1 aliphatic heterocycles. The van der Waals surface area contributed by atoms with E-state index in [1.165, 1.54) is 6.07 Å². The Morgan fingerprint density at radius 3 is 3.19 bits per heavy atom. The smallest absolute Gasteiger partial charge is 0.270 e. The van der Waals surface area contributed by atoms with Gasteiger partial charge in [0.25, 0.3) is 5.69 Å². The first-order valence-electron chi connectivity index (χ1n) is 4.69. The van der Waals surface area contributed by atoms with Crippen LogP contribution in [0.2, 0.25) is 0 Å². The van der Waals surface area contributed by atoms with Crippen LogP contribution in [0.5, 0.6) is 0 Å². The van der Waals surface area contributed by atoms with Gasteiger partial charge in [-0.3, -0.25) is 10.1 Å². The van der Waals surface area contributed by atoms with Crippen LogP contribution in [0.15, 0.2) is 35.5 Å². The molecule has 0 unspecified atom stereocenters. The number of nitro groups is 1. The molecule has 1 aliphatic rings. The van der Waals surface area contributed by atoms with Crippen LogP contribution in [0.25, 0.3) is 5.69 Å². The van der Waals surface area contributed by atoms with E-state index in [1.807, 2.05) is 10.8 Å². The summed E-state index contributed by atoms with van der Waals surface area (Å²) in [6.07, 6.45) is 3.62. The number of fused-ring (bicyclic) bond motifs is 3. The van der Waals surface area contributed by atoms with Crippen molar-refractivity contribution in [2.75, 3.05) is 0 Å². The molecule has 1 aromatic heterocycles. The Labute approximate surface area is 95.3 Å². The Kier molecular flexibility index (Phi) is 1.97. The molecular formula is C10H7N3O2S. The minimum atomic E-state index is -0.371. The van der Waals surface area contributed by atoms with Crippen molar-refractivity contribution in [1.29, 1.82) is 0 Å². The average Bonchev–Trinajstić information content (AvgIpc) is 2.76. The number of thioether (sulfide) groups is 1. The molecule has 16 heavy (non-hydrogen) atoms. The highest BCUT2D eigenvalue weighted by atomic mass is 32.2. The lowest BCUT2D eigenvalue weighted by atomic mass is 10.2. The van der Waals surface area contributed by atoms with E-state index in [1.54, 1.807) is 30.1 Å². The first-order valence-corrected chi connectivity index (χ1v) is 5.68. The van der Waals surface area contributed by atoms with Gasteiger partial charge in [0.2, 0.25) is 0 Å². The second-order valence-electron chi connectivity index (χ2n) is 3.41. The third-order valence-electron chi connectivity index (χ3n) is 2.49. The van der Waals surface area contributed by atoms with Crippen molar-refractivity contribution >= 4 is 17.4 Å². The van der Waals surface area contributed by atoms with Crippen molar-refractivity contribution in [1.82, 2.24) is 9.55 Å². The highest BCUT2D eigenvalue weighted by Crippen LogP contribution is 2.36. The summed E-state index contributed by atoms with van der Waals surface area (Å²) in [6.45, 7) is 0. The van der Waals surface area contributed by atoms with Crippen LogP contribution < -0.4 is 0 Å². The van der Waals surface area contributed by atoms with Crippen molar-refractivity contribution in [2.24, 2.45) is 0 Å². The van der Waals surface area contributed by atoms with E-state index < -0.39 is 0 Å². The number of hydrogen-bond acceptors (Lipinski definition) is 4. The number of aromatic nitrogens is 2. The number of nitro benzene ring substituents is 1. The zero-order valence-corrected chi connectivity index (χ0v) is 8.98. The van der Waals surface area contributed by atoms with Crippen LogP contribution in [0, 0.1) is 10.1 Å². The third kappa shape index (κ3) is 1.30. The number of non-ortho nitro benzene ring substituents is 1. The van der Waals surface area contributed by atoms with Gasteiger partial charge in [0.05, 0.1) is 16.4 Å². The van der Waals surface area contributed by atoms with Crippen molar-refractivity contribution < 1.29 is 4.92 Å². The van der Waals surface area contributed by atoms with Crippen LogP contribution in [0.3, 0.4) is 0 Å². The Morgan fingerprint density at radius 2 is 2.38 bits per heavy atom. The first kappa shape index (κ1) is 9.41. The van der Waals surface area contributed by atoms with E-state index in [0.717, 1.165) is 22.2 Å². The topological polar surface area (TPSA) is 61.0 Å². The monoisotopic (exact) mass is 233 g/mol. The van der Waals surface area contributed by atoms with Crippen molar-refractivity contribution in [2.45, 2.75) is 10.6 Å². The van der Waals surface area contributed by atoms with Crippen LogP contribution in [0.4, 0.5) is 5.69 Å². The Morgan fingerprint density at radius 1 is 1.50 bits per heavy atom. The van der Waals surface area contributed by atoms with Gasteiger partial charge >= 0.3 is 0 Å². The minimum absolute atomic E-state index is 0.134. The number of hydrogen-bond donors (Lipinski definition) is 0. The molecule has 3 rings (SSSR count). The molecule has 0 fully saturated rings. The van der Waals surface area contributed by atoms with Crippen LogP contribution in [-0.2, 0) is 5.75 Å². The van der Waals surface area contributed by atoms with Crippen molar-refractivity contribution in [3.63, 3.8) is 0 Å². The molecule has 0 spiro atoms. The average molecular weight is 233 g/mol. The summed E-state index contributed by atoms with van der Waals surface area (Å²) in [6, 6.07) is 4.90. The summed E-state index contributed by atoms with van der Waals surface area (Å²) in [4.78, 5) is 15.4. The summed E-state index contributed by atoms with van der Waals surface area (Å²) in [5.41, 5.74) is 1.10. The summed E-state index contributed by atoms with van der Waals surface area (Å²) >= 11 is 1.58. The quantitative estimate of drug-likeness (QED) is 0.560. The van der Waals surface area contributed by atoms with Crippen LogP contribution >= 0.6 is 11.8 Å². The molecule has 2 aromatic rings. The first-order chi connectivity index (χ1) is 7.75. The molecule has 0 bridgehead atoms. The molecule has 0 amide bonds. The molecule has 1 aromatic carbocycles. The van der Waals surface area contributed by atoms with E-state index in [4.69, 9.17) is 0 Å². The van der Waals surface area contributed by atoms with Gasteiger partial charge in [-0.1, -0.05) is 0 Å². The fourth-order valence-electron chi connectivity index (χ4n) is 1.73. The maximum absolute atomic E-state index is 10.7. The summed E-state index contributed by atoms with van der Waals surface area (Å²) in [5, 5.41) is 10.7. The van der Waals surface area contributed by atoms with E-state index in [0.29, 0.717) is 0 Å². The highest BCUT2D eigenvalue weighted by Gasteiger charge is 2.19. The number of benzene rings is 1. The Hall–Kier alpha value is -1.82. The van der Waals surface area contributed by atoms with E-state index in [-0.39, 0.29) is 10.6 Å². The minimum Gasteiger partial charge on any atom is -0.302 e. The van der Waals surface area contributed by atoms with Gasteiger partial charge in [-0.15, -0.1) is 11.8 Å². The standard InChI is InChI=1S/C10H7N3O2S/c14-13(15)7-1-2-8-9(5-7)16-6-10-11-3-4-12(8)10/h1-5H,6H2. The lowest BCUT2D eigenvalue weighted by molar-refractivity contribution is -0.385. The van der Waals surface area contributed by atoms with Gasteiger partial charge in [-0.05, 0) is 6.07 Å². The van der Waals surface area contributed by atoms with Gasteiger partial charge in [0.1, 0.15) is 5.82 Å². The van der Waals surface area contributed by atoms with Gasteiger partial charge < -0.3 is 4.57 Å².